The average molecular weight is 267 g/mol. The predicted molar refractivity (Wildman–Crippen MR) is 78.3 cm³/mol. The molecule has 1 aromatic heterocycles. The molecule has 100 valence electrons. The molecule has 1 atom stereocenters. The van der Waals surface area contributed by atoms with Gasteiger partial charge in [0.25, 0.3) is 0 Å². The number of rotatable bonds is 4. The molecule has 2 nitrogen and oxygen atoms in total. The second kappa shape index (κ2) is 6.98. The zero-order chi connectivity index (χ0) is 12.8. The van der Waals surface area contributed by atoms with Gasteiger partial charge in [-0.25, -0.2) is 4.98 Å². The molecule has 0 aliphatic carbocycles. The first-order chi connectivity index (χ1) is 8.83. The Bertz CT molecular complexity index is 367. The summed E-state index contributed by atoms with van der Waals surface area (Å²) in [4.78, 5) is 6.91. The van der Waals surface area contributed by atoms with Crippen LogP contribution in [-0.2, 0) is 5.88 Å². The topological polar surface area (TPSA) is 16.1 Å². The number of pyridine rings is 1. The number of aromatic nitrogens is 1. The Morgan fingerprint density at radius 2 is 2.28 bits per heavy atom. The molecule has 1 saturated heterocycles. The van der Waals surface area contributed by atoms with Crippen LogP contribution in [0.15, 0.2) is 18.3 Å². The van der Waals surface area contributed by atoms with Gasteiger partial charge in [0.15, 0.2) is 0 Å². The Kier molecular flexibility index (Phi) is 5.30. The zero-order valence-electron chi connectivity index (χ0n) is 11.2. The number of alkyl halides is 1. The smallest absolute Gasteiger partial charge is 0.128 e. The Morgan fingerprint density at radius 3 is 3.06 bits per heavy atom. The predicted octanol–water partition coefficient (Wildman–Crippen LogP) is 4.23. The summed E-state index contributed by atoms with van der Waals surface area (Å²) in [6.45, 7) is 4.57. The van der Waals surface area contributed by atoms with Gasteiger partial charge in [-0.1, -0.05) is 19.8 Å². The van der Waals surface area contributed by atoms with Crippen LogP contribution in [0.25, 0.3) is 0 Å². The molecule has 2 heterocycles. The van der Waals surface area contributed by atoms with Crippen LogP contribution in [0.3, 0.4) is 0 Å². The van der Waals surface area contributed by atoms with Crippen LogP contribution in [-0.4, -0.2) is 18.1 Å². The summed E-state index contributed by atoms with van der Waals surface area (Å²) in [6, 6.07) is 4.13. The summed E-state index contributed by atoms with van der Waals surface area (Å²) < 4.78 is 0. The SMILES string of the molecule is CCCC1CCCN(c2cc(CCl)ccn2)CC1. The Balaban J connectivity index is 2.00. The van der Waals surface area contributed by atoms with Crippen LogP contribution >= 0.6 is 11.6 Å². The molecular weight excluding hydrogens is 244 g/mol. The third-order valence-electron chi connectivity index (χ3n) is 3.83. The van der Waals surface area contributed by atoms with Crippen molar-refractivity contribution in [3.8, 4) is 0 Å². The number of anilines is 1. The molecule has 2 rings (SSSR count). The van der Waals surface area contributed by atoms with Crippen LogP contribution < -0.4 is 4.90 Å². The van der Waals surface area contributed by atoms with Gasteiger partial charge in [0.1, 0.15) is 5.82 Å². The van der Waals surface area contributed by atoms with Gasteiger partial charge in [0.2, 0.25) is 0 Å². The van der Waals surface area contributed by atoms with Gasteiger partial charge in [-0.05, 0) is 42.9 Å². The monoisotopic (exact) mass is 266 g/mol. The van der Waals surface area contributed by atoms with Gasteiger partial charge >= 0.3 is 0 Å². The Morgan fingerprint density at radius 1 is 1.39 bits per heavy atom. The standard InChI is InChI=1S/C15H23ClN2/c1-2-4-13-5-3-9-18(10-7-13)15-11-14(12-16)6-8-17-15/h6,8,11,13H,2-5,7,9-10,12H2,1H3. The maximum atomic E-state index is 5.89. The average Bonchev–Trinajstić information content (AvgIpc) is 2.65. The second-order valence-corrected chi connectivity index (χ2v) is 5.50. The van der Waals surface area contributed by atoms with E-state index in [1.807, 2.05) is 12.3 Å². The highest BCUT2D eigenvalue weighted by molar-refractivity contribution is 6.17. The highest BCUT2D eigenvalue weighted by Gasteiger charge is 2.17. The maximum Gasteiger partial charge on any atom is 0.128 e. The number of hydrogen-bond donors (Lipinski definition) is 0. The molecule has 0 N–H and O–H groups in total. The molecular formula is C15H23ClN2. The minimum Gasteiger partial charge on any atom is -0.357 e. The summed E-state index contributed by atoms with van der Waals surface area (Å²) in [5.41, 5.74) is 1.16. The van der Waals surface area contributed by atoms with Crippen LogP contribution in [0.2, 0.25) is 0 Å². The molecule has 0 spiro atoms. The highest BCUT2D eigenvalue weighted by atomic mass is 35.5. The number of hydrogen-bond acceptors (Lipinski definition) is 2. The molecule has 18 heavy (non-hydrogen) atoms. The molecule has 1 aliphatic rings. The van der Waals surface area contributed by atoms with Crippen molar-refractivity contribution in [1.29, 1.82) is 0 Å². The van der Waals surface area contributed by atoms with Crippen molar-refractivity contribution in [2.75, 3.05) is 18.0 Å². The van der Waals surface area contributed by atoms with Crippen molar-refractivity contribution in [2.45, 2.75) is 44.9 Å². The lowest BCUT2D eigenvalue weighted by Crippen LogP contribution is -2.25. The third kappa shape index (κ3) is 3.61. The number of halogens is 1. The van der Waals surface area contributed by atoms with E-state index in [1.165, 1.54) is 32.1 Å². The van der Waals surface area contributed by atoms with Crippen molar-refractivity contribution >= 4 is 17.4 Å². The minimum atomic E-state index is 0.571. The highest BCUT2D eigenvalue weighted by Crippen LogP contribution is 2.24. The fraction of sp³-hybridized carbons (Fsp3) is 0.667. The fourth-order valence-electron chi connectivity index (χ4n) is 2.81. The molecule has 1 unspecified atom stereocenters. The van der Waals surface area contributed by atoms with Gasteiger partial charge < -0.3 is 4.90 Å². The summed E-state index contributed by atoms with van der Waals surface area (Å²) in [5, 5.41) is 0. The molecule has 0 aromatic carbocycles. The summed E-state index contributed by atoms with van der Waals surface area (Å²) in [5.74, 6) is 2.59. The molecule has 1 aliphatic heterocycles. The quantitative estimate of drug-likeness (QED) is 0.759. The lowest BCUT2D eigenvalue weighted by molar-refractivity contribution is 0.435. The van der Waals surface area contributed by atoms with Crippen molar-refractivity contribution in [1.82, 2.24) is 4.98 Å². The first-order valence-corrected chi connectivity index (χ1v) is 7.62. The van der Waals surface area contributed by atoms with E-state index in [-0.39, 0.29) is 0 Å². The molecule has 3 heteroatoms. The molecule has 0 radical (unpaired) electrons. The first-order valence-electron chi connectivity index (χ1n) is 7.09. The van der Waals surface area contributed by atoms with E-state index in [2.05, 4.69) is 22.9 Å². The van der Waals surface area contributed by atoms with Gasteiger partial charge in [-0.15, -0.1) is 11.6 Å². The Labute approximate surface area is 115 Å². The van der Waals surface area contributed by atoms with Crippen LogP contribution in [0.5, 0.6) is 0 Å². The van der Waals surface area contributed by atoms with Crippen LogP contribution in [0.1, 0.15) is 44.6 Å². The van der Waals surface area contributed by atoms with E-state index in [1.54, 1.807) is 0 Å². The van der Waals surface area contributed by atoms with Gasteiger partial charge in [0, 0.05) is 25.2 Å². The van der Waals surface area contributed by atoms with E-state index in [0.717, 1.165) is 30.4 Å². The maximum absolute atomic E-state index is 5.89. The van der Waals surface area contributed by atoms with Crippen molar-refractivity contribution in [3.63, 3.8) is 0 Å². The van der Waals surface area contributed by atoms with Crippen LogP contribution in [0.4, 0.5) is 5.82 Å². The summed E-state index contributed by atoms with van der Waals surface area (Å²) in [7, 11) is 0. The molecule has 0 amide bonds. The third-order valence-corrected chi connectivity index (χ3v) is 4.14. The lowest BCUT2D eigenvalue weighted by Gasteiger charge is -2.22. The molecule has 0 bridgehead atoms. The van der Waals surface area contributed by atoms with Crippen molar-refractivity contribution in [2.24, 2.45) is 5.92 Å². The van der Waals surface area contributed by atoms with E-state index in [9.17, 15) is 0 Å². The van der Waals surface area contributed by atoms with E-state index in [0.29, 0.717) is 5.88 Å². The van der Waals surface area contributed by atoms with E-state index >= 15 is 0 Å². The van der Waals surface area contributed by atoms with Crippen molar-refractivity contribution in [3.05, 3.63) is 23.9 Å². The molecule has 0 saturated carbocycles. The fourth-order valence-corrected chi connectivity index (χ4v) is 2.97. The second-order valence-electron chi connectivity index (χ2n) is 5.23. The van der Waals surface area contributed by atoms with E-state index < -0.39 is 0 Å². The minimum absolute atomic E-state index is 0.571. The first kappa shape index (κ1) is 13.7. The molecule has 1 fully saturated rings. The van der Waals surface area contributed by atoms with Gasteiger partial charge in [-0.3, -0.25) is 0 Å². The summed E-state index contributed by atoms with van der Waals surface area (Å²) >= 11 is 5.89. The zero-order valence-corrected chi connectivity index (χ0v) is 12.0. The number of nitrogens with zero attached hydrogens (tertiary/aromatic N) is 2. The molecule has 1 aromatic rings. The van der Waals surface area contributed by atoms with Crippen LogP contribution in [0, 0.1) is 5.92 Å². The largest absolute Gasteiger partial charge is 0.357 e. The summed E-state index contributed by atoms with van der Waals surface area (Å²) in [6.07, 6.45) is 8.53. The lowest BCUT2D eigenvalue weighted by atomic mass is 9.96. The van der Waals surface area contributed by atoms with Gasteiger partial charge in [0.05, 0.1) is 0 Å². The Hall–Kier alpha value is -0.760. The van der Waals surface area contributed by atoms with Gasteiger partial charge in [-0.2, -0.15) is 0 Å². The van der Waals surface area contributed by atoms with Crippen molar-refractivity contribution < 1.29 is 0 Å². The normalized spacial score (nSPS) is 20.8. The van der Waals surface area contributed by atoms with E-state index in [4.69, 9.17) is 11.6 Å².